The van der Waals surface area contributed by atoms with Crippen molar-refractivity contribution in [2.75, 3.05) is 19.4 Å². The van der Waals surface area contributed by atoms with E-state index in [1.54, 1.807) is 7.11 Å². The highest BCUT2D eigenvalue weighted by Crippen LogP contribution is 2.34. The number of carbonyl (C=O) groups is 1. The second-order valence-electron chi connectivity index (χ2n) is 5.11. The average molecular weight is 442 g/mol. The van der Waals surface area contributed by atoms with E-state index in [0.717, 1.165) is 37.9 Å². The second-order valence-corrected chi connectivity index (χ2v) is 6.82. The largest absolute Gasteiger partial charge is 0.494 e. The molecule has 0 bridgehead atoms. The Morgan fingerprint density at radius 1 is 1.17 bits per heavy atom. The number of methoxy groups -OCH3 is 1. The van der Waals surface area contributed by atoms with Crippen LogP contribution >= 0.6 is 31.9 Å². The first kappa shape index (κ1) is 17.8. The summed E-state index contributed by atoms with van der Waals surface area (Å²) in [6.07, 6.45) is 1.07. The van der Waals surface area contributed by atoms with Crippen LogP contribution in [0.4, 0.5) is 5.69 Å². The van der Waals surface area contributed by atoms with Crippen molar-refractivity contribution < 1.29 is 9.53 Å². The molecule has 1 amide bonds. The highest BCUT2D eigenvalue weighted by atomic mass is 79.9. The number of halogens is 2. The number of benzene rings is 2. The first-order chi connectivity index (χ1) is 11.0. The third-order valence-electron chi connectivity index (χ3n) is 3.31. The van der Waals surface area contributed by atoms with Gasteiger partial charge in [0.2, 0.25) is 5.91 Å². The quantitative estimate of drug-likeness (QED) is 0.671. The molecule has 122 valence electrons. The van der Waals surface area contributed by atoms with Crippen LogP contribution in [0.15, 0.2) is 45.3 Å². The van der Waals surface area contributed by atoms with Crippen LogP contribution in [0.3, 0.4) is 0 Å². The molecule has 0 unspecified atom stereocenters. The van der Waals surface area contributed by atoms with Gasteiger partial charge < -0.3 is 15.8 Å². The number of hydrogen-bond acceptors (Lipinski definition) is 3. The average Bonchev–Trinajstić information content (AvgIpc) is 2.47. The molecule has 0 fully saturated rings. The third kappa shape index (κ3) is 5.25. The van der Waals surface area contributed by atoms with Gasteiger partial charge in [0.15, 0.2) is 0 Å². The molecule has 0 saturated heterocycles. The van der Waals surface area contributed by atoms with E-state index in [0.29, 0.717) is 13.0 Å². The molecule has 0 aliphatic rings. The predicted octanol–water partition coefficient (Wildman–Crippen LogP) is 3.70. The van der Waals surface area contributed by atoms with Gasteiger partial charge in [-0.3, -0.25) is 4.79 Å². The lowest BCUT2D eigenvalue weighted by Gasteiger charge is -2.10. The first-order valence-corrected chi connectivity index (χ1v) is 8.71. The van der Waals surface area contributed by atoms with Gasteiger partial charge in [-0.1, -0.05) is 12.1 Å². The summed E-state index contributed by atoms with van der Waals surface area (Å²) in [4.78, 5) is 12.0. The van der Waals surface area contributed by atoms with E-state index in [4.69, 9.17) is 10.5 Å². The van der Waals surface area contributed by atoms with Gasteiger partial charge in [-0.25, -0.2) is 0 Å². The molecule has 0 radical (unpaired) electrons. The Balaban J connectivity index is 1.87. The van der Waals surface area contributed by atoms with Gasteiger partial charge in [-0.15, -0.1) is 0 Å². The van der Waals surface area contributed by atoms with Crippen LogP contribution in [-0.4, -0.2) is 19.6 Å². The number of amides is 1. The van der Waals surface area contributed by atoms with Crippen molar-refractivity contribution in [1.82, 2.24) is 5.32 Å². The van der Waals surface area contributed by atoms with E-state index in [-0.39, 0.29) is 5.91 Å². The zero-order valence-electron chi connectivity index (χ0n) is 12.7. The topological polar surface area (TPSA) is 64.3 Å². The number of anilines is 1. The Morgan fingerprint density at radius 3 is 2.48 bits per heavy atom. The summed E-state index contributed by atoms with van der Waals surface area (Å²) in [6, 6.07) is 11.5. The zero-order chi connectivity index (χ0) is 16.8. The van der Waals surface area contributed by atoms with Crippen LogP contribution < -0.4 is 15.8 Å². The van der Waals surface area contributed by atoms with Gasteiger partial charge in [0.25, 0.3) is 0 Å². The number of nitrogen functional groups attached to an aromatic ring is 1. The highest BCUT2D eigenvalue weighted by Gasteiger charge is 2.10. The molecule has 6 heteroatoms. The van der Waals surface area contributed by atoms with Crippen LogP contribution in [0.2, 0.25) is 0 Å². The van der Waals surface area contributed by atoms with Crippen LogP contribution in [0.25, 0.3) is 0 Å². The summed E-state index contributed by atoms with van der Waals surface area (Å²) in [5, 5.41) is 2.92. The van der Waals surface area contributed by atoms with Crippen molar-refractivity contribution >= 4 is 43.5 Å². The van der Waals surface area contributed by atoms with Crippen LogP contribution in [-0.2, 0) is 17.6 Å². The van der Waals surface area contributed by atoms with Crippen molar-refractivity contribution in [3.8, 4) is 5.75 Å². The molecule has 0 spiro atoms. The van der Waals surface area contributed by atoms with Crippen molar-refractivity contribution in [1.29, 1.82) is 0 Å². The third-order valence-corrected chi connectivity index (χ3v) is 4.49. The number of rotatable bonds is 6. The number of ether oxygens (including phenoxy) is 1. The van der Waals surface area contributed by atoms with Gasteiger partial charge in [0.05, 0.1) is 22.5 Å². The van der Waals surface area contributed by atoms with Gasteiger partial charge in [-0.2, -0.15) is 0 Å². The standard InChI is InChI=1S/C17H18Br2N2O2/c1-23-17-14(18)8-12(9-15(17)19)10-16(22)21-6-5-11-3-2-4-13(20)7-11/h2-4,7-9H,5-6,10,20H2,1H3,(H,21,22). The molecule has 0 aromatic heterocycles. The molecule has 23 heavy (non-hydrogen) atoms. The summed E-state index contributed by atoms with van der Waals surface area (Å²) in [7, 11) is 1.60. The summed E-state index contributed by atoms with van der Waals surface area (Å²) in [5.74, 6) is 0.702. The van der Waals surface area contributed by atoms with Gasteiger partial charge in [0.1, 0.15) is 5.75 Å². The SMILES string of the molecule is COc1c(Br)cc(CC(=O)NCCc2cccc(N)c2)cc1Br. The van der Waals surface area contributed by atoms with Crippen molar-refractivity contribution in [2.24, 2.45) is 0 Å². The minimum absolute atomic E-state index is 0.0159. The van der Waals surface area contributed by atoms with Crippen LogP contribution in [0.5, 0.6) is 5.75 Å². The Hall–Kier alpha value is -1.53. The molecular weight excluding hydrogens is 424 g/mol. The van der Waals surface area contributed by atoms with Gasteiger partial charge in [-0.05, 0) is 73.7 Å². The maximum absolute atomic E-state index is 12.0. The van der Waals surface area contributed by atoms with E-state index in [9.17, 15) is 4.79 Å². The van der Waals surface area contributed by atoms with Crippen LogP contribution in [0.1, 0.15) is 11.1 Å². The molecule has 0 heterocycles. The molecule has 2 aromatic rings. The summed E-state index contributed by atoms with van der Waals surface area (Å²) in [5.41, 5.74) is 8.50. The molecule has 3 N–H and O–H groups in total. The van der Waals surface area contributed by atoms with Crippen molar-refractivity contribution in [2.45, 2.75) is 12.8 Å². The summed E-state index contributed by atoms with van der Waals surface area (Å²) in [6.45, 7) is 0.584. The molecule has 4 nitrogen and oxygen atoms in total. The molecular formula is C17H18Br2N2O2. The molecule has 0 aliphatic carbocycles. The second kappa shape index (κ2) is 8.36. The highest BCUT2D eigenvalue weighted by molar-refractivity contribution is 9.11. The lowest BCUT2D eigenvalue weighted by molar-refractivity contribution is -0.120. The summed E-state index contributed by atoms with van der Waals surface area (Å²) < 4.78 is 6.89. The molecule has 2 rings (SSSR count). The monoisotopic (exact) mass is 440 g/mol. The Labute approximate surface area is 152 Å². The van der Waals surface area contributed by atoms with E-state index < -0.39 is 0 Å². The Kier molecular flexibility index (Phi) is 6.47. The maximum atomic E-state index is 12.0. The Bertz CT molecular complexity index is 682. The molecule has 0 aliphatic heterocycles. The number of nitrogens with one attached hydrogen (secondary N) is 1. The number of carbonyl (C=O) groups excluding carboxylic acids is 1. The van der Waals surface area contributed by atoms with Crippen molar-refractivity contribution in [3.05, 3.63) is 56.5 Å². The first-order valence-electron chi connectivity index (χ1n) is 7.12. The lowest BCUT2D eigenvalue weighted by Crippen LogP contribution is -2.27. The minimum Gasteiger partial charge on any atom is -0.494 e. The fourth-order valence-corrected chi connectivity index (χ4v) is 3.86. The van der Waals surface area contributed by atoms with E-state index in [1.165, 1.54) is 0 Å². The molecule has 0 saturated carbocycles. The van der Waals surface area contributed by atoms with E-state index >= 15 is 0 Å². The minimum atomic E-state index is -0.0159. The smallest absolute Gasteiger partial charge is 0.224 e. The van der Waals surface area contributed by atoms with Gasteiger partial charge in [0, 0.05) is 12.2 Å². The fourth-order valence-electron chi connectivity index (χ4n) is 2.25. The number of nitrogens with two attached hydrogens (primary N) is 1. The normalized spacial score (nSPS) is 10.4. The Morgan fingerprint density at radius 2 is 1.87 bits per heavy atom. The zero-order valence-corrected chi connectivity index (χ0v) is 15.9. The lowest BCUT2D eigenvalue weighted by atomic mass is 10.1. The number of hydrogen-bond donors (Lipinski definition) is 2. The summed E-state index contributed by atoms with van der Waals surface area (Å²) >= 11 is 6.88. The van der Waals surface area contributed by atoms with Crippen LogP contribution in [0, 0.1) is 0 Å². The van der Waals surface area contributed by atoms with Crippen molar-refractivity contribution in [3.63, 3.8) is 0 Å². The fraction of sp³-hybridized carbons (Fsp3) is 0.235. The van der Waals surface area contributed by atoms with E-state index in [1.807, 2.05) is 36.4 Å². The van der Waals surface area contributed by atoms with Gasteiger partial charge >= 0.3 is 0 Å². The van der Waals surface area contributed by atoms with E-state index in [2.05, 4.69) is 37.2 Å². The predicted molar refractivity (Wildman–Crippen MR) is 99.7 cm³/mol. The molecule has 2 aromatic carbocycles. The maximum Gasteiger partial charge on any atom is 0.224 e. The molecule has 0 atom stereocenters.